The van der Waals surface area contributed by atoms with Gasteiger partial charge in [-0.05, 0) is 71.8 Å². The molecule has 0 spiro atoms. The van der Waals surface area contributed by atoms with Crippen LogP contribution in [0.25, 0.3) is 11.1 Å². The highest BCUT2D eigenvalue weighted by atomic mass is 15.3. The summed E-state index contributed by atoms with van der Waals surface area (Å²) in [6, 6.07) is 41.5. The van der Waals surface area contributed by atoms with Gasteiger partial charge in [0.1, 0.15) is 0 Å². The molecule has 5 aromatic carbocycles. The maximum Gasteiger partial charge on any atom is 0.0705 e. The third kappa shape index (κ3) is 3.22. The minimum Gasteiger partial charge on any atom is -0.341 e. The zero-order valence-electron chi connectivity index (χ0n) is 21.3. The van der Waals surface area contributed by atoms with Crippen LogP contribution in [-0.4, -0.2) is 21.1 Å². The normalized spacial score (nSPS) is 13.6. The van der Waals surface area contributed by atoms with Crippen LogP contribution in [0.4, 0.5) is 51.2 Å². The van der Waals surface area contributed by atoms with E-state index in [9.17, 15) is 0 Å². The van der Waals surface area contributed by atoms with E-state index in [1.807, 2.05) is 0 Å². The zero-order chi connectivity index (χ0) is 25.1. The van der Waals surface area contributed by atoms with Gasteiger partial charge in [0.15, 0.2) is 0 Å². The maximum atomic E-state index is 2.38. The van der Waals surface area contributed by atoms with Crippen molar-refractivity contribution in [1.29, 1.82) is 0 Å². The Morgan fingerprint density at radius 3 is 1.35 bits per heavy atom. The van der Waals surface area contributed by atoms with Crippen LogP contribution in [-0.2, 0) is 0 Å². The minimum absolute atomic E-state index is 1.16. The fraction of sp³-hybridized carbons (Fsp3) is 0.0909. The summed E-state index contributed by atoms with van der Waals surface area (Å²) in [5.74, 6) is 0. The molecule has 0 atom stereocenters. The molecule has 0 amide bonds. The lowest BCUT2D eigenvalue weighted by atomic mass is 9.98. The van der Waals surface area contributed by atoms with Gasteiger partial charge in [0, 0.05) is 26.8 Å². The number of para-hydroxylation sites is 5. The Kier molecular flexibility index (Phi) is 4.76. The van der Waals surface area contributed by atoms with Crippen molar-refractivity contribution in [3.05, 3.63) is 115 Å². The summed E-state index contributed by atoms with van der Waals surface area (Å²) in [6.45, 7) is 0. The summed E-state index contributed by atoms with van der Waals surface area (Å²) < 4.78 is 0. The topological polar surface area (TPSA) is 13.0 Å². The second-order valence-electron chi connectivity index (χ2n) is 9.73. The molecule has 0 saturated heterocycles. The van der Waals surface area contributed by atoms with E-state index >= 15 is 0 Å². The second kappa shape index (κ2) is 8.17. The van der Waals surface area contributed by atoms with Crippen LogP contribution in [0.2, 0.25) is 0 Å². The van der Waals surface area contributed by atoms with Crippen molar-refractivity contribution >= 4 is 51.2 Å². The SMILES string of the molecule is CN1c2ccccc2N(C)c2cc(-c3ccc4c(c3)N(c3ccccc3)c3ccccc3N4C)ccc21. The van der Waals surface area contributed by atoms with E-state index in [0.29, 0.717) is 0 Å². The highest BCUT2D eigenvalue weighted by Gasteiger charge is 2.28. The standard InChI is InChI=1S/C33H28N4/c1-34-26-13-7-8-14-27(26)36(3)32-21-23(17-19-29(32)34)24-18-20-30-33(22-24)37(25-11-5-4-6-12-25)31-16-10-9-15-28(31)35(30)2/h4-22H,1-3H3. The molecule has 0 bridgehead atoms. The first-order chi connectivity index (χ1) is 18.1. The van der Waals surface area contributed by atoms with Crippen molar-refractivity contribution in [2.24, 2.45) is 0 Å². The van der Waals surface area contributed by atoms with Crippen LogP contribution in [0.3, 0.4) is 0 Å². The van der Waals surface area contributed by atoms with E-state index in [0.717, 1.165) is 5.69 Å². The Morgan fingerprint density at radius 2 is 0.757 bits per heavy atom. The smallest absolute Gasteiger partial charge is 0.0705 e. The average Bonchev–Trinajstić information content (AvgIpc) is 2.96. The molecule has 37 heavy (non-hydrogen) atoms. The molecule has 0 N–H and O–H groups in total. The molecular formula is C33H28N4. The quantitative estimate of drug-likeness (QED) is 0.250. The van der Waals surface area contributed by atoms with Crippen molar-refractivity contribution in [3.63, 3.8) is 0 Å². The van der Waals surface area contributed by atoms with Crippen LogP contribution in [0.5, 0.6) is 0 Å². The van der Waals surface area contributed by atoms with Crippen molar-refractivity contribution < 1.29 is 0 Å². The highest BCUT2D eigenvalue weighted by molar-refractivity contribution is 6.00. The van der Waals surface area contributed by atoms with Gasteiger partial charge >= 0.3 is 0 Å². The first kappa shape index (κ1) is 21.6. The number of nitrogens with zero attached hydrogens (tertiary/aromatic N) is 4. The van der Waals surface area contributed by atoms with Gasteiger partial charge in [-0.2, -0.15) is 0 Å². The number of hydrogen-bond donors (Lipinski definition) is 0. The summed E-state index contributed by atoms with van der Waals surface area (Å²) >= 11 is 0. The summed E-state index contributed by atoms with van der Waals surface area (Å²) in [4.78, 5) is 9.25. The summed E-state index contributed by atoms with van der Waals surface area (Å²) in [7, 11) is 6.46. The van der Waals surface area contributed by atoms with E-state index in [4.69, 9.17) is 0 Å². The van der Waals surface area contributed by atoms with Gasteiger partial charge in [-0.1, -0.05) is 54.6 Å². The Labute approximate surface area is 218 Å². The van der Waals surface area contributed by atoms with E-state index in [1.54, 1.807) is 0 Å². The van der Waals surface area contributed by atoms with Crippen LogP contribution in [0.15, 0.2) is 115 Å². The molecule has 0 saturated carbocycles. The largest absolute Gasteiger partial charge is 0.341 e. The predicted molar refractivity (Wildman–Crippen MR) is 157 cm³/mol. The minimum atomic E-state index is 1.16. The van der Waals surface area contributed by atoms with E-state index in [2.05, 4.69) is 156 Å². The van der Waals surface area contributed by atoms with Crippen LogP contribution in [0.1, 0.15) is 0 Å². The van der Waals surface area contributed by atoms with E-state index in [1.165, 1.54) is 56.6 Å². The Balaban J connectivity index is 1.37. The molecule has 4 nitrogen and oxygen atoms in total. The lowest BCUT2D eigenvalue weighted by molar-refractivity contribution is 1.10. The van der Waals surface area contributed by atoms with Gasteiger partial charge in [0.25, 0.3) is 0 Å². The monoisotopic (exact) mass is 480 g/mol. The third-order valence-corrected chi connectivity index (χ3v) is 7.71. The van der Waals surface area contributed by atoms with Crippen molar-refractivity contribution in [3.8, 4) is 11.1 Å². The van der Waals surface area contributed by atoms with Crippen molar-refractivity contribution in [1.82, 2.24) is 0 Å². The molecule has 0 radical (unpaired) electrons. The number of rotatable bonds is 2. The summed E-state index contributed by atoms with van der Waals surface area (Å²) in [6.07, 6.45) is 0. The Bertz CT molecular complexity index is 1640. The Morgan fingerprint density at radius 1 is 0.351 bits per heavy atom. The molecule has 0 aliphatic carbocycles. The van der Waals surface area contributed by atoms with Crippen LogP contribution in [0, 0.1) is 0 Å². The zero-order valence-corrected chi connectivity index (χ0v) is 21.3. The highest BCUT2D eigenvalue weighted by Crippen LogP contribution is 2.52. The number of fused-ring (bicyclic) bond motifs is 4. The van der Waals surface area contributed by atoms with E-state index in [-0.39, 0.29) is 0 Å². The molecule has 0 aromatic heterocycles. The first-order valence-electron chi connectivity index (χ1n) is 12.6. The third-order valence-electron chi connectivity index (χ3n) is 7.71. The van der Waals surface area contributed by atoms with E-state index < -0.39 is 0 Å². The summed E-state index contributed by atoms with van der Waals surface area (Å²) in [5.41, 5.74) is 13.2. The fourth-order valence-corrected chi connectivity index (χ4v) is 5.76. The van der Waals surface area contributed by atoms with Crippen LogP contribution >= 0.6 is 0 Å². The first-order valence-corrected chi connectivity index (χ1v) is 12.6. The average molecular weight is 481 g/mol. The number of anilines is 9. The summed E-state index contributed by atoms with van der Waals surface area (Å²) in [5, 5.41) is 0. The fourth-order valence-electron chi connectivity index (χ4n) is 5.76. The molecule has 7 rings (SSSR count). The molecular weight excluding hydrogens is 452 g/mol. The van der Waals surface area contributed by atoms with Gasteiger partial charge in [-0.3, -0.25) is 0 Å². The van der Waals surface area contributed by atoms with Gasteiger partial charge in [0.2, 0.25) is 0 Å². The number of hydrogen-bond acceptors (Lipinski definition) is 4. The molecule has 0 fully saturated rings. The molecule has 2 aliphatic heterocycles. The second-order valence-corrected chi connectivity index (χ2v) is 9.73. The molecule has 2 aliphatic rings. The maximum absolute atomic E-state index is 2.38. The van der Waals surface area contributed by atoms with Crippen LogP contribution < -0.4 is 19.6 Å². The van der Waals surface area contributed by atoms with Crippen molar-refractivity contribution in [2.45, 2.75) is 0 Å². The van der Waals surface area contributed by atoms with Gasteiger partial charge < -0.3 is 19.6 Å². The van der Waals surface area contributed by atoms with Gasteiger partial charge in [-0.25, -0.2) is 0 Å². The number of benzene rings is 5. The van der Waals surface area contributed by atoms with Gasteiger partial charge in [-0.15, -0.1) is 0 Å². The molecule has 5 aromatic rings. The molecule has 180 valence electrons. The lowest BCUT2D eigenvalue weighted by Gasteiger charge is -2.39. The van der Waals surface area contributed by atoms with Crippen molar-refractivity contribution in [2.75, 3.05) is 40.7 Å². The molecule has 0 unspecified atom stereocenters. The lowest BCUT2D eigenvalue weighted by Crippen LogP contribution is -2.24. The molecule has 2 heterocycles. The Hall–Kier alpha value is -4.70. The predicted octanol–water partition coefficient (Wildman–Crippen LogP) is 8.75. The van der Waals surface area contributed by atoms with Gasteiger partial charge in [0.05, 0.1) is 45.5 Å². The molecule has 4 heteroatoms.